The molecule has 5 unspecified atom stereocenters. The third-order valence-corrected chi connectivity index (χ3v) is 6.06. The smallest absolute Gasteiger partial charge is 0.0571 e. The van der Waals surface area contributed by atoms with Gasteiger partial charge in [0.2, 0.25) is 0 Å². The average molecular weight is 276 g/mol. The molecule has 1 nitrogen and oxygen atoms in total. The highest BCUT2D eigenvalue weighted by Crippen LogP contribution is 2.48. The Balaban J connectivity index is 1.43. The summed E-state index contributed by atoms with van der Waals surface area (Å²) in [5.74, 6) is 2.96. The fourth-order valence-corrected chi connectivity index (χ4v) is 5.08. The van der Waals surface area contributed by atoms with Gasteiger partial charge in [-0.2, -0.15) is 0 Å². The van der Waals surface area contributed by atoms with Crippen molar-refractivity contribution in [2.45, 2.75) is 43.5 Å². The molecule has 4 rings (SSSR count). The van der Waals surface area contributed by atoms with E-state index in [0.717, 1.165) is 24.2 Å². The molecule has 19 heavy (non-hydrogen) atoms. The van der Waals surface area contributed by atoms with E-state index < -0.39 is 0 Å². The number of halogens is 1. The Hall–Kier alpha value is -0.530. The van der Waals surface area contributed by atoms with Crippen LogP contribution in [0.3, 0.4) is 0 Å². The zero-order valence-electron chi connectivity index (χ0n) is 11.3. The van der Waals surface area contributed by atoms with E-state index in [1.807, 2.05) is 0 Å². The van der Waals surface area contributed by atoms with E-state index in [9.17, 15) is 0 Å². The van der Waals surface area contributed by atoms with Gasteiger partial charge in [-0.25, -0.2) is 0 Å². The van der Waals surface area contributed by atoms with Crippen LogP contribution >= 0.6 is 11.6 Å². The molecular formula is C17H22ClN. The number of alkyl halides is 1. The molecule has 3 aliphatic rings. The Bertz CT molecular complexity index is 472. The summed E-state index contributed by atoms with van der Waals surface area (Å²) in [4.78, 5) is 0. The van der Waals surface area contributed by atoms with Gasteiger partial charge in [0.15, 0.2) is 0 Å². The van der Waals surface area contributed by atoms with Gasteiger partial charge in [0.1, 0.15) is 0 Å². The fourth-order valence-electron chi connectivity index (χ4n) is 4.69. The van der Waals surface area contributed by atoms with Crippen molar-refractivity contribution < 1.29 is 0 Å². The van der Waals surface area contributed by atoms with Crippen LogP contribution in [0.1, 0.15) is 42.9 Å². The molecule has 2 saturated carbocycles. The van der Waals surface area contributed by atoms with Crippen LogP contribution in [0.2, 0.25) is 0 Å². The standard InChI is InChI=1S/C17H22ClN/c18-16-9-13-3-1-2-4-15(13)17(16)19-10-14-8-11-5-6-12(14)7-11/h1-4,11-12,14,16-17,19H,5-10H2. The third-order valence-electron chi connectivity index (χ3n) is 5.65. The van der Waals surface area contributed by atoms with Crippen molar-refractivity contribution in [3.63, 3.8) is 0 Å². The van der Waals surface area contributed by atoms with Crippen LogP contribution in [0, 0.1) is 17.8 Å². The zero-order valence-corrected chi connectivity index (χ0v) is 12.1. The summed E-state index contributed by atoms with van der Waals surface area (Å²) in [6.45, 7) is 1.17. The minimum absolute atomic E-state index is 0.232. The molecule has 0 amide bonds. The predicted octanol–water partition coefficient (Wildman–Crippen LogP) is 3.92. The molecule has 2 heteroatoms. The highest BCUT2D eigenvalue weighted by Gasteiger charge is 2.40. The molecule has 0 saturated heterocycles. The Labute approximate surface area is 120 Å². The maximum atomic E-state index is 6.55. The molecule has 0 heterocycles. The molecule has 1 N–H and O–H groups in total. The lowest BCUT2D eigenvalue weighted by Gasteiger charge is -2.25. The summed E-state index contributed by atoms with van der Waals surface area (Å²) in [7, 11) is 0. The predicted molar refractivity (Wildman–Crippen MR) is 79.5 cm³/mol. The molecule has 3 aliphatic carbocycles. The van der Waals surface area contributed by atoms with Gasteiger partial charge in [-0.1, -0.05) is 30.7 Å². The lowest BCUT2D eigenvalue weighted by atomic mass is 9.88. The molecule has 102 valence electrons. The van der Waals surface area contributed by atoms with Gasteiger partial charge in [-0.05, 0) is 61.1 Å². The topological polar surface area (TPSA) is 12.0 Å². The number of benzene rings is 1. The summed E-state index contributed by atoms with van der Waals surface area (Å²) in [6, 6.07) is 9.11. The van der Waals surface area contributed by atoms with Crippen LogP contribution in [0.4, 0.5) is 0 Å². The van der Waals surface area contributed by atoms with E-state index in [1.165, 1.54) is 43.4 Å². The average Bonchev–Trinajstić information content (AvgIpc) is 3.09. The molecule has 1 aromatic carbocycles. The van der Waals surface area contributed by atoms with Crippen LogP contribution in [-0.2, 0) is 6.42 Å². The number of nitrogens with one attached hydrogen (secondary N) is 1. The zero-order chi connectivity index (χ0) is 12.8. The van der Waals surface area contributed by atoms with E-state index >= 15 is 0 Å². The Kier molecular flexibility index (Phi) is 3.08. The van der Waals surface area contributed by atoms with Crippen LogP contribution < -0.4 is 5.32 Å². The second-order valence-electron chi connectivity index (χ2n) is 6.74. The van der Waals surface area contributed by atoms with Crippen LogP contribution in [0.5, 0.6) is 0 Å². The largest absolute Gasteiger partial charge is 0.308 e. The van der Waals surface area contributed by atoms with Gasteiger partial charge in [0, 0.05) is 6.04 Å². The maximum Gasteiger partial charge on any atom is 0.0571 e. The second-order valence-corrected chi connectivity index (χ2v) is 7.30. The molecule has 0 aromatic heterocycles. The number of hydrogen-bond donors (Lipinski definition) is 1. The van der Waals surface area contributed by atoms with E-state index in [0.29, 0.717) is 6.04 Å². The lowest BCUT2D eigenvalue weighted by molar-refractivity contribution is 0.306. The molecule has 0 spiro atoms. The van der Waals surface area contributed by atoms with Crippen molar-refractivity contribution in [1.29, 1.82) is 0 Å². The van der Waals surface area contributed by atoms with Crippen molar-refractivity contribution in [3.05, 3.63) is 35.4 Å². The van der Waals surface area contributed by atoms with Gasteiger partial charge in [0.05, 0.1) is 5.38 Å². The van der Waals surface area contributed by atoms with Crippen molar-refractivity contribution in [2.75, 3.05) is 6.54 Å². The van der Waals surface area contributed by atoms with Gasteiger partial charge in [0.25, 0.3) is 0 Å². The first-order valence-electron chi connectivity index (χ1n) is 7.76. The second kappa shape index (κ2) is 4.79. The summed E-state index contributed by atoms with van der Waals surface area (Å²) in [6.07, 6.45) is 6.94. The van der Waals surface area contributed by atoms with Gasteiger partial charge < -0.3 is 5.32 Å². The summed E-state index contributed by atoms with van der Waals surface area (Å²) in [5.41, 5.74) is 2.87. The highest BCUT2D eigenvalue weighted by molar-refractivity contribution is 6.21. The van der Waals surface area contributed by atoms with Crippen LogP contribution in [-0.4, -0.2) is 11.9 Å². The van der Waals surface area contributed by atoms with Crippen LogP contribution in [0.15, 0.2) is 24.3 Å². The fraction of sp³-hybridized carbons (Fsp3) is 0.647. The van der Waals surface area contributed by atoms with Crippen molar-refractivity contribution in [1.82, 2.24) is 5.32 Å². The quantitative estimate of drug-likeness (QED) is 0.825. The highest BCUT2D eigenvalue weighted by atomic mass is 35.5. The first kappa shape index (κ1) is 12.2. The van der Waals surface area contributed by atoms with E-state index in [2.05, 4.69) is 29.6 Å². The molecule has 5 atom stereocenters. The molecule has 0 radical (unpaired) electrons. The van der Waals surface area contributed by atoms with E-state index in [1.54, 1.807) is 0 Å². The van der Waals surface area contributed by atoms with E-state index in [4.69, 9.17) is 11.6 Å². The monoisotopic (exact) mass is 275 g/mol. The summed E-state index contributed by atoms with van der Waals surface area (Å²) >= 11 is 6.55. The molecule has 1 aromatic rings. The number of fused-ring (bicyclic) bond motifs is 3. The Morgan fingerprint density at radius 3 is 2.84 bits per heavy atom. The van der Waals surface area contributed by atoms with Crippen molar-refractivity contribution in [2.24, 2.45) is 17.8 Å². The summed E-state index contributed by atoms with van der Waals surface area (Å²) < 4.78 is 0. The van der Waals surface area contributed by atoms with Crippen molar-refractivity contribution >= 4 is 11.6 Å². The van der Waals surface area contributed by atoms with Gasteiger partial charge >= 0.3 is 0 Å². The van der Waals surface area contributed by atoms with Crippen LogP contribution in [0.25, 0.3) is 0 Å². The molecule has 2 fully saturated rings. The van der Waals surface area contributed by atoms with Gasteiger partial charge in [-0.3, -0.25) is 0 Å². The Morgan fingerprint density at radius 2 is 2.05 bits per heavy atom. The number of rotatable bonds is 3. The molecule has 2 bridgehead atoms. The first-order valence-corrected chi connectivity index (χ1v) is 8.20. The summed E-state index contributed by atoms with van der Waals surface area (Å²) in [5, 5.41) is 4.01. The maximum absolute atomic E-state index is 6.55. The SMILES string of the molecule is ClC1Cc2ccccc2C1NCC1CC2CCC1C2. The molecular weight excluding hydrogens is 254 g/mol. The minimum Gasteiger partial charge on any atom is -0.308 e. The third kappa shape index (κ3) is 2.11. The van der Waals surface area contributed by atoms with Gasteiger partial charge in [-0.15, -0.1) is 11.6 Å². The van der Waals surface area contributed by atoms with Crippen molar-refractivity contribution in [3.8, 4) is 0 Å². The minimum atomic E-state index is 0.232. The number of hydrogen-bond acceptors (Lipinski definition) is 1. The molecule has 0 aliphatic heterocycles. The lowest BCUT2D eigenvalue weighted by Crippen LogP contribution is -2.32. The van der Waals surface area contributed by atoms with E-state index in [-0.39, 0.29) is 5.38 Å². The normalized spacial score (nSPS) is 39.7. The Morgan fingerprint density at radius 1 is 1.16 bits per heavy atom. The first-order chi connectivity index (χ1) is 9.31.